The molecule has 0 radical (unpaired) electrons. The van der Waals surface area contributed by atoms with E-state index in [2.05, 4.69) is 68.5 Å². The van der Waals surface area contributed by atoms with Gasteiger partial charge in [0.15, 0.2) is 0 Å². The zero-order valence-corrected chi connectivity index (χ0v) is 10.4. The molecule has 84 valence electrons. The molecule has 0 spiro atoms. The van der Waals surface area contributed by atoms with Crippen LogP contribution in [0, 0.1) is 0 Å². The van der Waals surface area contributed by atoms with E-state index < -0.39 is 0 Å². The maximum atomic E-state index is 2.20. The van der Waals surface area contributed by atoms with Gasteiger partial charge in [0.05, 0.1) is 0 Å². The lowest BCUT2D eigenvalue weighted by Gasteiger charge is -1.97. The maximum Gasteiger partial charge on any atom is -0.0132 e. The summed E-state index contributed by atoms with van der Waals surface area (Å²) >= 11 is 0. The van der Waals surface area contributed by atoms with Crippen molar-refractivity contribution in [3.63, 3.8) is 0 Å². The monoisotopic (exact) mass is 212 g/mol. The van der Waals surface area contributed by atoms with Crippen molar-refractivity contribution < 1.29 is 0 Å². The lowest BCUT2D eigenvalue weighted by Crippen LogP contribution is -2.25. The van der Waals surface area contributed by atoms with E-state index in [4.69, 9.17) is 0 Å². The maximum absolute atomic E-state index is 2.20. The molecule has 0 heteroatoms. The highest BCUT2D eigenvalue weighted by Gasteiger charge is 1.89. The highest BCUT2D eigenvalue weighted by atomic mass is 13.9. The molecule has 0 aliphatic carbocycles. The van der Waals surface area contributed by atoms with E-state index in [1.807, 2.05) is 6.92 Å². The zero-order chi connectivity index (χ0) is 11.8. The molecule has 16 heavy (non-hydrogen) atoms. The van der Waals surface area contributed by atoms with Crippen molar-refractivity contribution in [1.29, 1.82) is 0 Å². The summed E-state index contributed by atoms with van der Waals surface area (Å²) in [6.45, 7) is 6.29. The minimum atomic E-state index is 1.02. The second-order valence-electron chi connectivity index (χ2n) is 3.83. The summed E-state index contributed by atoms with van der Waals surface area (Å²) in [7, 11) is 0. The number of benzene rings is 1. The summed E-state index contributed by atoms with van der Waals surface area (Å²) in [6, 6.07) is 8.53. The molecule has 0 N–H and O–H groups in total. The van der Waals surface area contributed by atoms with Gasteiger partial charge in [-0.15, -0.1) is 0 Å². The Morgan fingerprint density at radius 3 is 2.56 bits per heavy atom. The molecule has 0 atom stereocenters. The van der Waals surface area contributed by atoms with Crippen molar-refractivity contribution >= 4 is 11.6 Å². The molecule has 1 rings (SSSR count). The highest BCUT2D eigenvalue weighted by molar-refractivity contribution is 5.47. The van der Waals surface area contributed by atoms with Crippen LogP contribution in [0.15, 0.2) is 48.6 Å². The molecular formula is C16H20. The van der Waals surface area contributed by atoms with E-state index >= 15 is 0 Å². The van der Waals surface area contributed by atoms with Crippen molar-refractivity contribution in [3.05, 3.63) is 59.0 Å². The first kappa shape index (κ1) is 12.5. The molecule has 0 fully saturated rings. The molecule has 0 bridgehead atoms. The number of hydrogen-bond donors (Lipinski definition) is 0. The standard InChI is InChI=1S/C16H20/c1-4-6-10-14(3)16-13-9-8-12-15(16)11-7-5-2/h4-9,11-13H,10H2,1-3H3/b6-4-,7-5+,15-11+,16-14+. The van der Waals surface area contributed by atoms with Gasteiger partial charge in [-0.25, -0.2) is 0 Å². The van der Waals surface area contributed by atoms with Crippen LogP contribution in [0.4, 0.5) is 0 Å². The number of allylic oxidation sites excluding steroid dienone is 4. The molecule has 0 heterocycles. The van der Waals surface area contributed by atoms with E-state index in [1.54, 1.807) is 0 Å². The molecule has 0 unspecified atom stereocenters. The van der Waals surface area contributed by atoms with Gasteiger partial charge >= 0.3 is 0 Å². The Bertz CT molecular complexity index is 487. The molecular weight excluding hydrogens is 192 g/mol. The van der Waals surface area contributed by atoms with Crippen LogP contribution in [-0.2, 0) is 0 Å². The fraction of sp³-hybridized carbons (Fsp3) is 0.250. The van der Waals surface area contributed by atoms with Crippen molar-refractivity contribution in [1.82, 2.24) is 0 Å². The predicted octanol–water partition coefficient (Wildman–Crippen LogP) is 3.18. The van der Waals surface area contributed by atoms with Crippen molar-refractivity contribution in [2.45, 2.75) is 27.2 Å². The molecule has 0 aliphatic heterocycles. The molecule has 0 saturated heterocycles. The Morgan fingerprint density at radius 1 is 1.12 bits per heavy atom. The van der Waals surface area contributed by atoms with Crippen LogP contribution in [0.1, 0.15) is 27.2 Å². The van der Waals surface area contributed by atoms with E-state index in [-0.39, 0.29) is 0 Å². The summed E-state index contributed by atoms with van der Waals surface area (Å²) in [5.74, 6) is 0. The van der Waals surface area contributed by atoms with Gasteiger partial charge in [-0.3, -0.25) is 0 Å². The van der Waals surface area contributed by atoms with Gasteiger partial charge in [-0.1, -0.05) is 60.2 Å². The molecule has 0 nitrogen and oxygen atoms in total. The van der Waals surface area contributed by atoms with Gasteiger partial charge in [-0.2, -0.15) is 0 Å². The molecule has 1 aromatic carbocycles. The van der Waals surface area contributed by atoms with Gasteiger partial charge in [0.2, 0.25) is 0 Å². The second-order valence-corrected chi connectivity index (χ2v) is 3.83. The Morgan fingerprint density at radius 2 is 1.88 bits per heavy atom. The van der Waals surface area contributed by atoms with E-state index in [1.165, 1.54) is 16.0 Å². The van der Waals surface area contributed by atoms with Crippen LogP contribution in [-0.4, -0.2) is 0 Å². The third-order valence-electron chi connectivity index (χ3n) is 2.55. The molecule has 0 aromatic heterocycles. The van der Waals surface area contributed by atoms with E-state index in [9.17, 15) is 0 Å². The van der Waals surface area contributed by atoms with Crippen LogP contribution >= 0.6 is 0 Å². The first-order chi connectivity index (χ1) is 7.79. The minimum Gasteiger partial charge on any atom is -0.0913 e. The predicted molar refractivity (Wildman–Crippen MR) is 73.5 cm³/mol. The first-order valence-corrected chi connectivity index (χ1v) is 5.78. The normalized spacial score (nSPS) is 15.1. The van der Waals surface area contributed by atoms with Crippen LogP contribution in [0.3, 0.4) is 0 Å². The summed E-state index contributed by atoms with van der Waals surface area (Å²) < 4.78 is 0. The molecule has 0 aliphatic rings. The topological polar surface area (TPSA) is 0 Å². The van der Waals surface area contributed by atoms with Crippen LogP contribution < -0.4 is 10.4 Å². The lowest BCUT2D eigenvalue weighted by atomic mass is 10.1. The summed E-state index contributed by atoms with van der Waals surface area (Å²) in [4.78, 5) is 0. The largest absolute Gasteiger partial charge is 0.0913 e. The lowest BCUT2D eigenvalue weighted by molar-refractivity contribution is 1.31. The van der Waals surface area contributed by atoms with Crippen molar-refractivity contribution in [3.8, 4) is 0 Å². The zero-order valence-electron chi connectivity index (χ0n) is 10.4. The Balaban J connectivity index is 3.32. The fourth-order valence-corrected chi connectivity index (χ4v) is 1.64. The second kappa shape index (κ2) is 6.84. The van der Waals surface area contributed by atoms with Crippen LogP contribution in [0.2, 0.25) is 0 Å². The number of rotatable bonds is 3. The smallest absolute Gasteiger partial charge is 0.0132 e. The SMILES string of the molecule is C/C=C\C\C(C)=c1/cccc/c1=C\C=C\C. The van der Waals surface area contributed by atoms with Crippen LogP contribution in [0.5, 0.6) is 0 Å². The fourth-order valence-electron chi connectivity index (χ4n) is 1.64. The van der Waals surface area contributed by atoms with Crippen molar-refractivity contribution in [2.24, 2.45) is 0 Å². The van der Waals surface area contributed by atoms with Gasteiger partial charge in [0.25, 0.3) is 0 Å². The number of hydrogen-bond acceptors (Lipinski definition) is 0. The Hall–Kier alpha value is -1.56. The minimum absolute atomic E-state index is 1.02. The summed E-state index contributed by atoms with van der Waals surface area (Å²) in [6.07, 6.45) is 11.6. The Kier molecular flexibility index (Phi) is 5.35. The third-order valence-corrected chi connectivity index (χ3v) is 2.55. The molecule has 0 amide bonds. The van der Waals surface area contributed by atoms with E-state index in [0.29, 0.717) is 0 Å². The van der Waals surface area contributed by atoms with Crippen molar-refractivity contribution in [2.75, 3.05) is 0 Å². The average Bonchev–Trinajstić information content (AvgIpc) is 2.33. The molecule has 1 aromatic rings. The third kappa shape index (κ3) is 3.54. The molecule has 0 saturated carbocycles. The Labute approximate surface area is 98.3 Å². The van der Waals surface area contributed by atoms with Gasteiger partial charge in [0, 0.05) is 0 Å². The summed E-state index contributed by atoms with van der Waals surface area (Å²) in [5.41, 5.74) is 1.41. The quantitative estimate of drug-likeness (QED) is 0.675. The van der Waals surface area contributed by atoms with E-state index in [0.717, 1.165) is 6.42 Å². The van der Waals surface area contributed by atoms with Gasteiger partial charge in [-0.05, 0) is 37.6 Å². The van der Waals surface area contributed by atoms with Gasteiger partial charge < -0.3 is 0 Å². The van der Waals surface area contributed by atoms with Gasteiger partial charge in [0.1, 0.15) is 0 Å². The van der Waals surface area contributed by atoms with Crippen LogP contribution in [0.25, 0.3) is 11.6 Å². The highest BCUT2D eigenvalue weighted by Crippen LogP contribution is 1.98. The summed E-state index contributed by atoms with van der Waals surface area (Å²) in [5, 5.41) is 2.64. The first-order valence-electron chi connectivity index (χ1n) is 5.78. The average molecular weight is 212 g/mol.